The van der Waals surface area contributed by atoms with Gasteiger partial charge in [0, 0.05) is 26.4 Å². The molecule has 0 aromatic heterocycles. The zero-order chi connectivity index (χ0) is 11.9. The molecule has 0 aromatic carbocycles. The molecular formula is C11H26O4. The summed E-state index contributed by atoms with van der Waals surface area (Å²) in [5.41, 5.74) is 0. The van der Waals surface area contributed by atoms with Gasteiger partial charge in [-0.1, -0.05) is 0 Å². The highest BCUT2D eigenvalue weighted by Crippen LogP contribution is 1.90. The first-order chi connectivity index (χ1) is 7.22. The van der Waals surface area contributed by atoms with E-state index in [2.05, 4.69) is 0 Å². The maximum Gasteiger partial charge on any atom is 0.154 e. The largest absolute Gasteiger partial charge is 0.356 e. The maximum absolute atomic E-state index is 5.06. The van der Waals surface area contributed by atoms with Crippen LogP contribution in [0.25, 0.3) is 0 Å². The Morgan fingerprint density at radius 2 is 1.13 bits per heavy atom. The van der Waals surface area contributed by atoms with Crippen molar-refractivity contribution in [2.45, 2.75) is 40.9 Å². The summed E-state index contributed by atoms with van der Waals surface area (Å²) in [5.74, 6) is 0. The van der Waals surface area contributed by atoms with Crippen LogP contribution in [0.4, 0.5) is 0 Å². The van der Waals surface area contributed by atoms with Gasteiger partial charge in [0.15, 0.2) is 6.29 Å². The summed E-state index contributed by atoms with van der Waals surface area (Å²) in [6.07, 6.45) is -0.0370. The molecule has 0 aliphatic rings. The molecule has 0 N–H and O–H groups in total. The van der Waals surface area contributed by atoms with Crippen LogP contribution in [0.2, 0.25) is 0 Å². The Bertz CT molecular complexity index is 88.6. The van der Waals surface area contributed by atoms with Crippen LogP contribution in [0.15, 0.2) is 0 Å². The first-order valence-corrected chi connectivity index (χ1v) is 5.61. The number of hydrogen-bond acceptors (Lipinski definition) is 4. The highest BCUT2D eigenvalue weighted by atomic mass is 16.7. The van der Waals surface area contributed by atoms with Crippen molar-refractivity contribution >= 4 is 0 Å². The lowest BCUT2D eigenvalue weighted by atomic mass is 10.7. The lowest BCUT2D eigenvalue weighted by molar-refractivity contribution is -0.123. The summed E-state index contributed by atoms with van der Waals surface area (Å²) in [5, 5.41) is 0. The Labute approximate surface area is 93.8 Å². The predicted molar refractivity (Wildman–Crippen MR) is 60.8 cm³/mol. The van der Waals surface area contributed by atoms with Crippen LogP contribution in [-0.2, 0) is 18.9 Å². The van der Waals surface area contributed by atoms with Crippen molar-refractivity contribution in [2.75, 3.05) is 33.2 Å². The third kappa shape index (κ3) is 20.0. The molecule has 0 heterocycles. The molecule has 0 aliphatic heterocycles. The molecule has 0 aliphatic carbocycles. The van der Waals surface area contributed by atoms with Crippen LogP contribution in [0, 0.1) is 0 Å². The highest BCUT2D eigenvalue weighted by Gasteiger charge is 1.94. The van der Waals surface area contributed by atoms with E-state index in [9.17, 15) is 0 Å². The second-order valence-corrected chi connectivity index (χ2v) is 2.58. The van der Waals surface area contributed by atoms with E-state index < -0.39 is 0 Å². The van der Waals surface area contributed by atoms with Gasteiger partial charge in [-0.25, -0.2) is 0 Å². The molecule has 0 fully saturated rings. The van der Waals surface area contributed by atoms with Crippen LogP contribution >= 0.6 is 0 Å². The van der Waals surface area contributed by atoms with Gasteiger partial charge in [0.25, 0.3) is 0 Å². The van der Waals surface area contributed by atoms with Crippen molar-refractivity contribution in [3.05, 3.63) is 0 Å². The Morgan fingerprint density at radius 1 is 0.733 bits per heavy atom. The first kappa shape index (κ1) is 17.2. The monoisotopic (exact) mass is 222 g/mol. The Hall–Kier alpha value is -0.160. The van der Waals surface area contributed by atoms with Crippen molar-refractivity contribution in [2.24, 2.45) is 0 Å². The topological polar surface area (TPSA) is 36.9 Å². The molecule has 0 rings (SSSR count). The minimum absolute atomic E-state index is 0.0370. The van der Waals surface area contributed by atoms with Gasteiger partial charge in [-0.2, -0.15) is 0 Å². The summed E-state index contributed by atoms with van der Waals surface area (Å²) >= 11 is 0. The van der Waals surface area contributed by atoms with Crippen molar-refractivity contribution in [1.82, 2.24) is 0 Å². The molecule has 15 heavy (non-hydrogen) atoms. The van der Waals surface area contributed by atoms with Gasteiger partial charge in [-0.15, -0.1) is 0 Å². The van der Waals surface area contributed by atoms with Gasteiger partial charge in [-0.3, -0.25) is 0 Å². The van der Waals surface area contributed by atoms with Crippen molar-refractivity contribution < 1.29 is 18.9 Å². The molecule has 4 nitrogen and oxygen atoms in total. The zero-order valence-corrected chi connectivity index (χ0v) is 10.7. The number of hydrogen-bond donors (Lipinski definition) is 0. The summed E-state index contributed by atoms with van der Waals surface area (Å²) in [7, 11) is 0. The molecule has 0 aromatic rings. The van der Waals surface area contributed by atoms with Crippen molar-refractivity contribution in [1.29, 1.82) is 0 Å². The first-order valence-electron chi connectivity index (χ1n) is 5.61. The standard InChI is InChI=1S/C6H14O2.C5H12O2/c1-4-7-6(3)8-5-2;1-3-6-5-7-4-2/h6H,4-5H2,1-3H3;3-5H2,1-2H3. The highest BCUT2D eigenvalue weighted by molar-refractivity contribution is 4.26. The van der Waals surface area contributed by atoms with E-state index in [0.29, 0.717) is 6.79 Å². The average molecular weight is 222 g/mol. The second kappa shape index (κ2) is 16.3. The maximum atomic E-state index is 5.06. The summed E-state index contributed by atoms with van der Waals surface area (Å²) < 4.78 is 19.8. The van der Waals surface area contributed by atoms with Gasteiger partial charge in [0.1, 0.15) is 6.79 Å². The van der Waals surface area contributed by atoms with E-state index in [1.54, 1.807) is 0 Å². The number of ether oxygens (including phenoxy) is 4. The fourth-order valence-corrected chi connectivity index (χ4v) is 0.743. The lowest BCUT2D eigenvalue weighted by Crippen LogP contribution is -2.11. The molecule has 0 bridgehead atoms. The normalized spacial score (nSPS) is 10.0. The van der Waals surface area contributed by atoms with Gasteiger partial charge >= 0.3 is 0 Å². The second-order valence-electron chi connectivity index (χ2n) is 2.58. The average Bonchev–Trinajstić information content (AvgIpc) is 2.20. The molecule has 0 amide bonds. The van der Waals surface area contributed by atoms with E-state index in [-0.39, 0.29) is 6.29 Å². The van der Waals surface area contributed by atoms with E-state index in [0.717, 1.165) is 26.4 Å². The van der Waals surface area contributed by atoms with Crippen LogP contribution in [0.1, 0.15) is 34.6 Å². The molecule has 94 valence electrons. The fourth-order valence-electron chi connectivity index (χ4n) is 0.743. The van der Waals surface area contributed by atoms with Crippen LogP contribution in [0.3, 0.4) is 0 Å². The zero-order valence-electron chi connectivity index (χ0n) is 10.7. The van der Waals surface area contributed by atoms with Gasteiger partial charge in [0.05, 0.1) is 0 Å². The summed E-state index contributed by atoms with van der Waals surface area (Å²) in [6, 6.07) is 0. The van der Waals surface area contributed by atoms with Crippen LogP contribution in [0.5, 0.6) is 0 Å². The van der Waals surface area contributed by atoms with Crippen LogP contribution in [-0.4, -0.2) is 39.5 Å². The SMILES string of the molecule is CCOC(C)OCC.CCOCOCC. The van der Waals surface area contributed by atoms with E-state index >= 15 is 0 Å². The smallest absolute Gasteiger partial charge is 0.154 e. The Kier molecular flexibility index (Phi) is 18.7. The minimum atomic E-state index is -0.0370. The summed E-state index contributed by atoms with van der Waals surface area (Å²) in [6.45, 7) is 13.0. The molecule has 0 atom stereocenters. The quantitative estimate of drug-likeness (QED) is 0.467. The Morgan fingerprint density at radius 3 is 1.40 bits per heavy atom. The van der Waals surface area contributed by atoms with Crippen LogP contribution < -0.4 is 0 Å². The summed E-state index contributed by atoms with van der Waals surface area (Å²) in [4.78, 5) is 0. The predicted octanol–water partition coefficient (Wildman–Crippen LogP) is 2.42. The molecule has 0 spiro atoms. The number of rotatable bonds is 8. The van der Waals surface area contributed by atoms with Crippen molar-refractivity contribution in [3.63, 3.8) is 0 Å². The Balaban J connectivity index is 0. The van der Waals surface area contributed by atoms with E-state index in [4.69, 9.17) is 18.9 Å². The van der Waals surface area contributed by atoms with Crippen molar-refractivity contribution in [3.8, 4) is 0 Å². The third-order valence-electron chi connectivity index (χ3n) is 1.38. The molecule has 0 radical (unpaired) electrons. The molecule has 0 saturated carbocycles. The third-order valence-corrected chi connectivity index (χ3v) is 1.38. The molecule has 0 unspecified atom stereocenters. The minimum Gasteiger partial charge on any atom is -0.356 e. The van der Waals surface area contributed by atoms with E-state index in [1.807, 2.05) is 34.6 Å². The molecule has 4 heteroatoms. The molecule has 0 saturated heterocycles. The van der Waals surface area contributed by atoms with Gasteiger partial charge in [0.2, 0.25) is 0 Å². The lowest BCUT2D eigenvalue weighted by Gasteiger charge is -2.09. The van der Waals surface area contributed by atoms with Gasteiger partial charge < -0.3 is 18.9 Å². The van der Waals surface area contributed by atoms with E-state index in [1.165, 1.54) is 0 Å². The fraction of sp³-hybridized carbons (Fsp3) is 1.00. The van der Waals surface area contributed by atoms with Gasteiger partial charge in [-0.05, 0) is 34.6 Å². The molecular weight excluding hydrogens is 196 g/mol.